The van der Waals surface area contributed by atoms with Gasteiger partial charge in [-0.2, -0.15) is 0 Å². The lowest BCUT2D eigenvalue weighted by atomic mass is 10.1. The Balaban J connectivity index is 1.90. The normalized spacial score (nSPS) is 10.8. The molecule has 1 aromatic carbocycles. The molecule has 0 radical (unpaired) electrons. The van der Waals surface area contributed by atoms with Crippen molar-refractivity contribution in [2.45, 2.75) is 26.2 Å². The molecule has 0 saturated carbocycles. The zero-order valence-corrected chi connectivity index (χ0v) is 12.9. The second-order valence-electron chi connectivity index (χ2n) is 4.96. The van der Waals surface area contributed by atoms with Crippen LogP contribution in [0.2, 0.25) is 0 Å². The summed E-state index contributed by atoms with van der Waals surface area (Å²) in [6.45, 7) is 4.68. The number of hydrogen-bond donors (Lipinski definition) is 1. The van der Waals surface area contributed by atoms with Gasteiger partial charge in [-0.1, -0.05) is 25.5 Å². The summed E-state index contributed by atoms with van der Waals surface area (Å²) < 4.78 is 10.9. The largest absolute Gasteiger partial charge is 0.496 e. The number of benzene rings is 1. The van der Waals surface area contributed by atoms with Gasteiger partial charge >= 0.3 is 0 Å². The molecule has 1 N–H and O–H groups in total. The molecule has 21 heavy (non-hydrogen) atoms. The summed E-state index contributed by atoms with van der Waals surface area (Å²) in [6.07, 6.45) is 5.11. The average Bonchev–Trinajstić information content (AvgIpc) is 2.53. The van der Waals surface area contributed by atoms with E-state index in [9.17, 15) is 0 Å². The van der Waals surface area contributed by atoms with Crippen LogP contribution in [0.4, 0.5) is 5.82 Å². The molecule has 0 atom stereocenters. The average molecular weight is 288 g/mol. The van der Waals surface area contributed by atoms with Crippen LogP contribution in [0.3, 0.4) is 0 Å². The van der Waals surface area contributed by atoms with Gasteiger partial charge in [0.15, 0.2) is 0 Å². The van der Waals surface area contributed by atoms with Gasteiger partial charge in [0.25, 0.3) is 0 Å². The van der Waals surface area contributed by atoms with Crippen LogP contribution in [-0.4, -0.2) is 31.9 Å². The summed E-state index contributed by atoms with van der Waals surface area (Å²) in [5.41, 5.74) is 0. The van der Waals surface area contributed by atoms with Crippen molar-refractivity contribution >= 4 is 16.6 Å². The third-order valence-corrected chi connectivity index (χ3v) is 3.39. The maximum absolute atomic E-state index is 5.56. The smallest absolute Gasteiger partial charge is 0.133 e. The van der Waals surface area contributed by atoms with Crippen LogP contribution >= 0.6 is 0 Å². The van der Waals surface area contributed by atoms with E-state index in [0.29, 0.717) is 0 Å². The van der Waals surface area contributed by atoms with Crippen molar-refractivity contribution in [2.75, 3.05) is 32.2 Å². The van der Waals surface area contributed by atoms with Crippen molar-refractivity contribution in [2.24, 2.45) is 0 Å². The van der Waals surface area contributed by atoms with Crippen molar-refractivity contribution in [1.82, 2.24) is 4.98 Å². The highest BCUT2D eigenvalue weighted by Gasteiger charge is 2.05. The molecule has 2 rings (SSSR count). The molecular weight excluding hydrogens is 264 g/mol. The topological polar surface area (TPSA) is 43.4 Å². The molecule has 4 nitrogen and oxygen atoms in total. The minimum Gasteiger partial charge on any atom is -0.496 e. The molecule has 0 saturated heterocycles. The number of hydrogen-bond acceptors (Lipinski definition) is 4. The zero-order chi connectivity index (χ0) is 14.9. The Hall–Kier alpha value is -1.81. The number of nitrogens with one attached hydrogen (secondary N) is 1. The van der Waals surface area contributed by atoms with E-state index in [4.69, 9.17) is 9.47 Å². The van der Waals surface area contributed by atoms with E-state index in [2.05, 4.69) is 23.3 Å². The SMILES string of the molecule is CCCCOCCCNc1nccc2c(OC)cccc12. The predicted molar refractivity (Wildman–Crippen MR) is 87.1 cm³/mol. The van der Waals surface area contributed by atoms with Crippen molar-refractivity contribution in [1.29, 1.82) is 0 Å². The van der Waals surface area contributed by atoms with Gasteiger partial charge in [0.1, 0.15) is 11.6 Å². The molecule has 0 aliphatic rings. The van der Waals surface area contributed by atoms with Crippen molar-refractivity contribution in [3.63, 3.8) is 0 Å². The van der Waals surface area contributed by atoms with Crippen LogP contribution in [0, 0.1) is 0 Å². The lowest BCUT2D eigenvalue weighted by molar-refractivity contribution is 0.131. The molecule has 0 fully saturated rings. The Bertz CT molecular complexity index is 557. The molecule has 4 heteroatoms. The Morgan fingerprint density at radius 3 is 2.76 bits per heavy atom. The maximum atomic E-state index is 5.56. The quantitative estimate of drug-likeness (QED) is 0.711. The number of anilines is 1. The van der Waals surface area contributed by atoms with Crippen LogP contribution in [0.15, 0.2) is 30.5 Å². The first kappa shape index (κ1) is 15.6. The van der Waals surface area contributed by atoms with Gasteiger partial charge in [-0.15, -0.1) is 0 Å². The number of ether oxygens (including phenoxy) is 2. The van der Waals surface area contributed by atoms with Crippen molar-refractivity contribution in [3.05, 3.63) is 30.5 Å². The molecule has 0 bridgehead atoms. The minimum absolute atomic E-state index is 0.793. The second kappa shape index (κ2) is 8.47. The zero-order valence-electron chi connectivity index (χ0n) is 12.9. The highest BCUT2D eigenvalue weighted by Crippen LogP contribution is 2.28. The van der Waals surface area contributed by atoms with Gasteiger partial charge in [0.05, 0.1) is 7.11 Å². The maximum Gasteiger partial charge on any atom is 0.133 e. The van der Waals surface area contributed by atoms with E-state index >= 15 is 0 Å². The third-order valence-electron chi connectivity index (χ3n) is 3.39. The standard InChI is InChI=1S/C17H24N2O2/c1-3-4-12-21-13-6-10-18-17-15-7-5-8-16(20-2)14(15)9-11-19-17/h5,7-9,11H,3-4,6,10,12-13H2,1-2H3,(H,18,19). The van der Waals surface area contributed by atoms with Crippen LogP contribution in [0.25, 0.3) is 10.8 Å². The fourth-order valence-electron chi connectivity index (χ4n) is 2.23. The number of rotatable bonds is 9. The molecule has 0 unspecified atom stereocenters. The van der Waals surface area contributed by atoms with Crippen LogP contribution in [-0.2, 0) is 4.74 Å². The van der Waals surface area contributed by atoms with E-state index in [0.717, 1.165) is 54.9 Å². The second-order valence-corrected chi connectivity index (χ2v) is 4.96. The van der Waals surface area contributed by atoms with Crippen LogP contribution in [0.5, 0.6) is 5.75 Å². The summed E-state index contributed by atoms with van der Waals surface area (Å²) in [5, 5.41) is 5.55. The molecular formula is C17H24N2O2. The number of nitrogens with zero attached hydrogens (tertiary/aromatic N) is 1. The molecule has 0 aliphatic heterocycles. The summed E-state index contributed by atoms with van der Waals surface area (Å²) in [7, 11) is 1.69. The van der Waals surface area contributed by atoms with E-state index in [1.807, 2.05) is 24.4 Å². The summed E-state index contributed by atoms with van der Waals surface area (Å²) in [4.78, 5) is 4.42. The first-order valence-corrected chi connectivity index (χ1v) is 7.60. The van der Waals surface area contributed by atoms with Gasteiger partial charge in [-0.25, -0.2) is 4.98 Å². The van der Waals surface area contributed by atoms with Gasteiger partial charge in [0, 0.05) is 36.7 Å². The number of unbranched alkanes of at least 4 members (excludes halogenated alkanes) is 1. The molecule has 1 aromatic heterocycles. The predicted octanol–water partition coefficient (Wildman–Crippen LogP) is 3.86. The third kappa shape index (κ3) is 4.33. The Kier molecular flexibility index (Phi) is 6.28. The van der Waals surface area contributed by atoms with Gasteiger partial charge in [-0.05, 0) is 25.0 Å². The fraction of sp³-hybridized carbons (Fsp3) is 0.471. The Morgan fingerprint density at radius 2 is 1.95 bits per heavy atom. The Labute approximate surface area is 126 Å². The van der Waals surface area contributed by atoms with Crippen molar-refractivity contribution in [3.8, 4) is 5.75 Å². The molecule has 114 valence electrons. The summed E-state index contributed by atoms with van der Waals surface area (Å²) in [6, 6.07) is 7.99. The highest BCUT2D eigenvalue weighted by atomic mass is 16.5. The molecule has 1 heterocycles. The lowest BCUT2D eigenvalue weighted by Crippen LogP contribution is -2.07. The fourth-order valence-corrected chi connectivity index (χ4v) is 2.23. The van der Waals surface area contributed by atoms with Gasteiger partial charge in [-0.3, -0.25) is 0 Å². The van der Waals surface area contributed by atoms with Crippen molar-refractivity contribution < 1.29 is 9.47 Å². The molecule has 0 aliphatic carbocycles. The van der Waals surface area contributed by atoms with E-state index < -0.39 is 0 Å². The monoisotopic (exact) mass is 288 g/mol. The number of fused-ring (bicyclic) bond motifs is 1. The van der Waals surface area contributed by atoms with Gasteiger partial charge < -0.3 is 14.8 Å². The van der Waals surface area contributed by atoms with Gasteiger partial charge in [0.2, 0.25) is 0 Å². The minimum atomic E-state index is 0.793. The van der Waals surface area contributed by atoms with E-state index in [1.165, 1.54) is 6.42 Å². The first-order chi connectivity index (χ1) is 10.4. The molecule has 0 amide bonds. The molecule has 2 aromatic rings. The highest BCUT2D eigenvalue weighted by molar-refractivity contribution is 5.95. The Morgan fingerprint density at radius 1 is 1.10 bits per heavy atom. The summed E-state index contributed by atoms with van der Waals surface area (Å²) in [5.74, 6) is 1.78. The number of methoxy groups -OCH3 is 1. The summed E-state index contributed by atoms with van der Waals surface area (Å²) >= 11 is 0. The van der Waals surface area contributed by atoms with E-state index in [1.54, 1.807) is 7.11 Å². The van der Waals surface area contributed by atoms with Crippen LogP contribution < -0.4 is 10.1 Å². The lowest BCUT2D eigenvalue weighted by Gasteiger charge is -2.11. The number of aromatic nitrogens is 1. The van der Waals surface area contributed by atoms with Crippen LogP contribution in [0.1, 0.15) is 26.2 Å². The molecule has 0 spiro atoms. The number of pyridine rings is 1. The first-order valence-electron chi connectivity index (χ1n) is 7.60. The van der Waals surface area contributed by atoms with E-state index in [-0.39, 0.29) is 0 Å².